The smallest absolute Gasteiger partial charge is 0.251 e. The number of halogens is 1. The van der Waals surface area contributed by atoms with Gasteiger partial charge in [0.1, 0.15) is 5.82 Å². The Morgan fingerprint density at radius 2 is 2.22 bits per heavy atom. The van der Waals surface area contributed by atoms with Crippen LogP contribution in [0.4, 0.5) is 10.1 Å². The second-order valence-corrected chi connectivity index (χ2v) is 4.63. The molecule has 0 bridgehead atoms. The number of nitrogen functional groups attached to an aromatic ring is 1. The van der Waals surface area contributed by atoms with Crippen LogP contribution < -0.4 is 11.1 Å². The van der Waals surface area contributed by atoms with Gasteiger partial charge in [-0.15, -0.1) is 0 Å². The van der Waals surface area contributed by atoms with Gasteiger partial charge in [0, 0.05) is 17.8 Å². The minimum Gasteiger partial charge on any atom is -0.399 e. The minimum absolute atomic E-state index is 0.265. The molecule has 1 amide bonds. The van der Waals surface area contributed by atoms with Gasteiger partial charge >= 0.3 is 0 Å². The molecule has 0 radical (unpaired) electrons. The lowest BCUT2D eigenvalue weighted by Gasteiger charge is -2.18. The van der Waals surface area contributed by atoms with Crippen LogP contribution in [-0.2, 0) is 0 Å². The molecule has 96 valence electrons. The Labute approximate surface area is 106 Å². The molecular formula is C14H17FN2O. The fraction of sp³-hybridized carbons (Fsp3) is 0.357. The molecule has 0 saturated heterocycles. The van der Waals surface area contributed by atoms with E-state index in [9.17, 15) is 9.18 Å². The number of benzene rings is 1. The summed E-state index contributed by atoms with van der Waals surface area (Å²) in [4.78, 5) is 11.8. The minimum atomic E-state index is -0.485. The van der Waals surface area contributed by atoms with Gasteiger partial charge in [-0.1, -0.05) is 12.2 Å². The Morgan fingerprint density at radius 3 is 2.89 bits per heavy atom. The molecule has 0 saturated carbocycles. The number of nitrogens with two attached hydrogens (primary N) is 1. The van der Waals surface area contributed by atoms with Gasteiger partial charge in [-0.05, 0) is 43.4 Å². The lowest BCUT2D eigenvalue weighted by atomic mass is 9.94. The summed E-state index contributed by atoms with van der Waals surface area (Å²) in [5.41, 5.74) is 6.05. The van der Waals surface area contributed by atoms with E-state index in [0.717, 1.165) is 19.3 Å². The number of amides is 1. The number of carbonyl (C=O) groups is 1. The second kappa shape index (κ2) is 5.67. The quantitative estimate of drug-likeness (QED) is 0.638. The van der Waals surface area contributed by atoms with Crippen molar-refractivity contribution in [2.45, 2.75) is 19.3 Å². The second-order valence-electron chi connectivity index (χ2n) is 4.63. The molecule has 1 unspecified atom stereocenters. The van der Waals surface area contributed by atoms with Crippen LogP contribution in [0.1, 0.15) is 29.6 Å². The van der Waals surface area contributed by atoms with E-state index in [4.69, 9.17) is 5.73 Å². The summed E-state index contributed by atoms with van der Waals surface area (Å²) in [5.74, 6) is -0.277. The lowest BCUT2D eigenvalue weighted by Crippen LogP contribution is -2.29. The maximum atomic E-state index is 13.1. The number of anilines is 1. The number of hydrogen-bond donors (Lipinski definition) is 2. The predicted molar refractivity (Wildman–Crippen MR) is 69.6 cm³/mol. The van der Waals surface area contributed by atoms with Crippen LogP contribution in [0.25, 0.3) is 0 Å². The summed E-state index contributed by atoms with van der Waals surface area (Å²) in [6.45, 7) is 0.625. The Morgan fingerprint density at radius 1 is 1.39 bits per heavy atom. The molecule has 2 rings (SSSR count). The summed E-state index contributed by atoms with van der Waals surface area (Å²) in [7, 11) is 0. The van der Waals surface area contributed by atoms with Crippen molar-refractivity contribution >= 4 is 11.6 Å². The Kier molecular flexibility index (Phi) is 3.97. The van der Waals surface area contributed by atoms with E-state index in [0.29, 0.717) is 12.5 Å². The van der Waals surface area contributed by atoms with Gasteiger partial charge in [-0.3, -0.25) is 4.79 Å². The number of allylic oxidation sites excluding steroid dienone is 2. The summed E-state index contributed by atoms with van der Waals surface area (Å²) in [6.07, 6.45) is 7.44. The van der Waals surface area contributed by atoms with E-state index in [1.165, 1.54) is 18.2 Å². The van der Waals surface area contributed by atoms with Gasteiger partial charge in [0.2, 0.25) is 0 Å². The molecule has 18 heavy (non-hydrogen) atoms. The number of hydrogen-bond acceptors (Lipinski definition) is 2. The normalized spacial score (nSPS) is 18.6. The molecule has 3 N–H and O–H groups in total. The molecule has 1 atom stereocenters. The third-order valence-electron chi connectivity index (χ3n) is 3.11. The largest absolute Gasteiger partial charge is 0.399 e. The summed E-state index contributed by atoms with van der Waals surface area (Å²) in [5, 5.41) is 2.83. The van der Waals surface area contributed by atoms with E-state index >= 15 is 0 Å². The van der Waals surface area contributed by atoms with Gasteiger partial charge in [0.05, 0.1) is 0 Å². The summed E-state index contributed by atoms with van der Waals surface area (Å²) >= 11 is 0. The first-order valence-electron chi connectivity index (χ1n) is 6.14. The predicted octanol–water partition coefficient (Wildman–Crippen LogP) is 2.49. The molecule has 3 nitrogen and oxygen atoms in total. The SMILES string of the molecule is Nc1cc(F)cc(C(=O)NCC2CC=CCC2)c1. The summed E-state index contributed by atoms with van der Waals surface area (Å²) in [6, 6.07) is 3.88. The van der Waals surface area contributed by atoms with Crippen molar-refractivity contribution in [3.8, 4) is 0 Å². The van der Waals surface area contributed by atoms with Crippen molar-refractivity contribution in [2.24, 2.45) is 5.92 Å². The highest BCUT2D eigenvalue weighted by Gasteiger charge is 2.13. The van der Waals surface area contributed by atoms with E-state index < -0.39 is 5.82 Å². The third-order valence-corrected chi connectivity index (χ3v) is 3.11. The molecule has 0 heterocycles. The van der Waals surface area contributed by atoms with Gasteiger partial charge in [-0.25, -0.2) is 4.39 Å². The highest BCUT2D eigenvalue weighted by molar-refractivity contribution is 5.95. The first-order valence-corrected chi connectivity index (χ1v) is 6.14. The van der Waals surface area contributed by atoms with Crippen LogP contribution in [0.5, 0.6) is 0 Å². The molecule has 1 aliphatic rings. The van der Waals surface area contributed by atoms with Crippen molar-refractivity contribution in [3.05, 3.63) is 41.7 Å². The zero-order valence-electron chi connectivity index (χ0n) is 10.2. The molecule has 1 aromatic carbocycles. The molecule has 1 aliphatic carbocycles. The topological polar surface area (TPSA) is 55.1 Å². The fourth-order valence-corrected chi connectivity index (χ4v) is 2.12. The first kappa shape index (κ1) is 12.6. The first-order chi connectivity index (χ1) is 8.65. The van der Waals surface area contributed by atoms with Crippen molar-refractivity contribution < 1.29 is 9.18 Å². The number of rotatable bonds is 3. The maximum absolute atomic E-state index is 13.1. The van der Waals surface area contributed by atoms with Gasteiger partial charge < -0.3 is 11.1 Å². The van der Waals surface area contributed by atoms with E-state index in [-0.39, 0.29) is 17.2 Å². The van der Waals surface area contributed by atoms with Crippen molar-refractivity contribution in [1.29, 1.82) is 0 Å². The fourth-order valence-electron chi connectivity index (χ4n) is 2.12. The van der Waals surface area contributed by atoms with Crippen LogP contribution >= 0.6 is 0 Å². The summed E-state index contributed by atoms with van der Waals surface area (Å²) < 4.78 is 13.1. The lowest BCUT2D eigenvalue weighted by molar-refractivity contribution is 0.0946. The Bertz CT molecular complexity index is 451. The number of nitrogens with one attached hydrogen (secondary N) is 1. The van der Waals surface area contributed by atoms with Gasteiger partial charge in [0.25, 0.3) is 5.91 Å². The van der Waals surface area contributed by atoms with Crippen LogP contribution in [0.2, 0.25) is 0 Å². The van der Waals surface area contributed by atoms with E-state index in [1.54, 1.807) is 0 Å². The molecular weight excluding hydrogens is 231 g/mol. The molecule has 0 spiro atoms. The average molecular weight is 248 g/mol. The highest BCUT2D eigenvalue weighted by Crippen LogP contribution is 2.17. The van der Waals surface area contributed by atoms with Crippen LogP contribution in [0.3, 0.4) is 0 Å². The van der Waals surface area contributed by atoms with Gasteiger partial charge in [0.15, 0.2) is 0 Å². The van der Waals surface area contributed by atoms with Gasteiger partial charge in [-0.2, -0.15) is 0 Å². The van der Waals surface area contributed by atoms with Crippen LogP contribution in [0, 0.1) is 11.7 Å². The van der Waals surface area contributed by atoms with Crippen molar-refractivity contribution in [2.75, 3.05) is 12.3 Å². The van der Waals surface area contributed by atoms with Crippen LogP contribution in [0.15, 0.2) is 30.4 Å². The van der Waals surface area contributed by atoms with Crippen LogP contribution in [-0.4, -0.2) is 12.5 Å². The standard InChI is InChI=1S/C14H17FN2O/c15-12-6-11(7-13(16)8-12)14(18)17-9-10-4-2-1-3-5-10/h1-2,6-8,10H,3-5,9,16H2,(H,17,18). The Balaban J connectivity index is 1.92. The molecule has 0 aliphatic heterocycles. The molecule has 4 heteroatoms. The van der Waals surface area contributed by atoms with Crippen molar-refractivity contribution in [1.82, 2.24) is 5.32 Å². The molecule has 1 aromatic rings. The Hall–Kier alpha value is -1.84. The zero-order chi connectivity index (χ0) is 13.0. The average Bonchev–Trinajstić information content (AvgIpc) is 2.36. The molecule has 0 fully saturated rings. The zero-order valence-corrected chi connectivity index (χ0v) is 10.2. The molecule has 0 aromatic heterocycles. The van der Waals surface area contributed by atoms with E-state index in [2.05, 4.69) is 17.5 Å². The monoisotopic (exact) mass is 248 g/mol. The highest BCUT2D eigenvalue weighted by atomic mass is 19.1. The van der Waals surface area contributed by atoms with E-state index in [1.807, 2.05) is 0 Å². The third kappa shape index (κ3) is 3.32. The maximum Gasteiger partial charge on any atom is 0.251 e. The number of carbonyl (C=O) groups excluding carboxylic acids is 1. The van der Waals surface area contributed by atoms with Crippen molar-refractivity contribution in [3.63, 3.8) is 0 Å².